The summed E-state index contributed by atoms with van der Waals surface area (Å²) in [4.78, 5) is 16.2. The maximum atomic E-state index is 14.2. The number of hydrogen-bond donors (Lipinski definition) is 1. The Bertz CT molecular complexity index is 1260. The fourth-order valence-corrected chi connectivity index (χ4v) is 4.81. The van der Waals surface area contributed by atoms with Gasteiger partial charge in [0.05, 0.1) is 6.10 Å². The number of aliphatic hydroxyl groups excluding tert-OH is 1. The maximum absolute atomic E-state index is 14.2. The van der Waals surface area contributed by atoms with E-state index in [1.54, 1.807) is 13.0 Å². The molecule has 1 unspecified atom stereocenters. The third-order valence-corrected chi connectivity index (χ3v) is 7.59. The molecule has 1 atom stereocenters. The van der Waals surface area contributed by atoms with Gasteiger partial charge >= 0.3 is 6.15 Å². The van der Waals surface area contributed by atoms with E-state index in [2.05, 4.69) is 58.0 Å². The molecule has 38 heavy (non-hydrogen) atoms. The summed E-state index contributed by atoms with van der Waals surface area (Å²) in [5, 5.41) is 10.4. The number of aliphatic hydroxyl groups is 1. The minimum Gasteiger partial charge on any atom is -0.491 e. The number of rotatable bonds is 8. The van der Waals surface area contributed by atoms with Crippen LogP contribution >= 0.6 is 0 Å². The van der Waals surface area contributed by atoms with Crippen molar-refractivity contribution in [3.63, 3.8) is 0 Å². The molecule has 0 radical (unpaired) electrons. The average molecular weight is 521 g/mol. The van der Waals surface area contributed by atoms with Crippen molar-refractivity contribution in [1.29, 1.82) is 0 Å². The molecule has 0 fully saturated rings. The molecule has 3 rings (SSSR count). The largest absolute Gasteiger partial charge is 0.491 e. The highest BCUT2D eigenvalue weighted by atomic mass is 19.1. The van der Waals surface area contributed by atoms with Gasteiger partial charge in [0, 0.05) is 5.41 Å². The third-order valence-electron chi connectivity index (χ3n) is 7.59. The van der Waals surface area contributed by atoms with Crippen LogP contribution in [0, 0.1) is 32.0 Å². The molecule has 0 amide bonds. The monoisotopic (exact) mass is 520 g/mol. The van der Waals surface area contributed by atoms with Crippen LogP contribution in [0.15, 0.2) is 54.6 Å². The fourth-order valence-electron chi connectivity index (χ4n) is 4.81. The summed E-state index contributed by atoms with van der Waals surface area (Å²) in [6.45, 7) is 16.7. The zero-order valence-electron chi connectivity index (χ0n) is 23.9. The zero-order valence-corrected chi connectivity index (χ0v) is 23.9. The van der Waals surface area contributed by atoms with Crippen LogP contribution in [-0.4, -0.2) is 24.0 Å². The lowest BCUT2D eigenvalue weighted by Gasteiger charge is -2.34. The van der Waals surface area contributed by atoms with Crippen LogP contribution in [0.1, 0.15) is 75.3 Å². The highest BCUT2D eigenvalue weighted by Crippen LogP contribution is 2.42. The molecular weight excluding hydrogens is 479 g/mol. The van der Waals surface area contributed by atoms with Crippen molar-refractivity contribution >= 4 is 6.15 Å². The molecule has 0 aliphatic rings. The first-order chi connectivity index (χ1) is 17.8. The number of benzene rings is 3. The number of hydrogen-bond acceptors (Lipinski definition) is 4. The highest BCUT2D eigenvalue weighted by Gasteiger charge is 2.32. The Labute approximate surface area is 226 Å². The van der Waals surface area contributed by atoms with Crippen molar-refractivity contribution in [2.24, 2.45) is 5.41 Å². The molecule has 0 saturated heterocycles. The third kappa shape index (κ3) is 6.98. The average Bonchev–Trinajstić information content (AvgIpc) is 2.86. The molecule has 0 heterocycles. The quantitative estimate of drug-likeness (QED) is 0.330. The lowest BCUT2D eigenvalue weighted by molar-refractivity contribution is -0.191. The summed E-state index contributed by atoms with van der Waals surface area (Å²) in [5.74, 6) is 0.640. The SMILES string of the molecule is CCC(CC)(c1ccc(OCC(O)C(C)(C)C)c(C)c1)c1ccc(-c2ccc(C)c(F)c2)c(C)c1.O=C=O. The van der Waals surface area contributed by atoms with E-state index in [1.807, 2.05) is 39.0 Å². The summed E-state index contributed by atoms with van der Waals surface area (Å²) in [6.07, 6.45) is 1.64. The lowest BCUT2D eigenvalue weighted by Crippen LogP contribution is -2.32. The van der Waals surface area contributed by atoms with Crippen LogP contribution in [0.4, 0.5) is 4.39 Å². The van der Waals surface area contributed by atoms with E-state index in [-0.39, 0.29) is 29.4 Å². The van der Waals surface area contributed by atoms with Crippen LogP contribution < -0.4 is 4.74 Å². The molecule has 4 nitrogen and oxygen atoms in total. The number of aryl methyl sites for hydroxylation is 3. The Balaban J connectivity index is 0.00000161. The molecule has 3 aromatic carbocycles. The molecule has 0 saturated carbocycles. The molecule has 0 spiro atoms. The fraction of sp³-hybridized carbons (Fsp3) is 0.424. The molecule has 0 bridgehead atoms. The zero-order chi connectivity index (χ0) is 28.7. The van der Waals surface area contributed by atoms with Crippen molar-refractivity contribution in [2.75, 3.05) is 6.61 Å². The van der Waals surface area contributed by atoms with E-state index in [4.69, 9.17) is 14.3 Å². The summed E-state index contributed by atoms with van der Waals surface area (Å²) < 4.78 is 20.2. The topological polar surface area (TPSA) is 63.6 Å². The van der Waals surface area contributed by atoms with Gasteiger partial charge in [0.2, 0.25) is 0 Å². The van der Waals surface area contributed by atoms with Crippen LogP contribution in [-0.2, 0) is 15.0 Å². The van der Waals surface area contributed by atoms with E-state index >= 15 is 0 Å². The van der Waals surface area contributed by atoms with Gasteiger partial charge in [-0.3, -0.25) is 0 Å². The number of carbonyl (C=O) groups excluding carboxylic acids is 2. The smallest absolute Gasteiger partial charge is 0.373 e. The lowest BCUT2D eigenvalue weighted by atomic mass is 9.69. The van der Waals surface area contributed by atoms with E-state index in [0.717, 1.165) is 40.8 Å². The Hall–Kier alpha value is -3.27. The summed E-state index contributed by atoms with van der Waals surface area (Å²) in [6, 6.07) is 18.5. The minimum atomic E-state index is -0.532. The number of halogens is 1. The van der Waals surface area contributed by atoms with Crippen LogP contribution in [0.5, 0.6) is 5.75 Å². The van der Waals surface area contributed by atoms with Gasteiger partial charge in [0.1, 0.15) is 18.2 Å². The van der Waals surface area contributed by atoms with E-state index < -0.39 is 6.10 Å². The Morgan fingerprint density at radius 2 is 1.39 bits per heavy atom. The van der Waals surface area contributed by atoms with E-state index in [0.29, 0.717) is 5.56 Å². The van der Waals surface area contributed by atoms with Crippen molar-refractivity contribution in [1.82, 2.24) is 0 Å². The maximum Gasteiger partial charge on any atom is 0.373 e. The first-order valence-corrected chi connectivity index (χ1v) is 13.1. The van der Waals surface area contributed by atoms with Crippen LogP contribution in [0.3, 0.4) is 0 Å². The second-order valence-corrected chi connectivity index (χ2v) is 11.0. The summed E-state index contributed by atoms with van der Waals surface area (Å²) in [7, 11) is 0. The first kappa shape index (κ1) is 31.0. The minimum absolute atomic E-state index is 0.129. The van der Waals surface area contributed by atoms with Crippen LogP contribution in [0.25, 0.3) is 11.1 Å². The molecular formula is C33H41FO4. The van der Waals surface area contributed by atoms with Gasteiger partial charge in [-0.25, -0.2) is 4.39 Å². The summed E-state index contributed by atoms with van der Waals surface area (Å²) >= 11 is 0. The van der Waals surface area contributed by atoms with Crippen molar-refractivity contribution < 1.29 is 23.8 Å². The van der Waals surface area contributed by atoms with E-state index in [1.165, 1.54) is 11.1 Å². The molecule has 5 heteroatoms. The Kier molecular flexibility index (Phi) is 10.6. The predicted octanol–water partition coefficient (Wildman–Crippen LogP) is 7.73. The van der Waals surface area contributed by atoms with Gasteiger partial charge in [-0.15, -0.1) is 0 Å². The molecule has 0 aromatic heterocycles. The Morgan fingerprint density at radius 3 is 1.87 bits per heavy atom. The van der Waals surface area contributed by atoms with Crippen LogP contribution in [0.2, 0.25) is 0 Å². The van der Waals surface area contributed by atoms with Gasteiger partial charge in [0.25, 0.3) is 0 Å². The normalized spacial score (nSPS) is 12.3. The van der Waals surface area contributed by atoms with Crippen molar-refractivity contribution in [3.8, 4) is 16.9 Å². The predicted molar refractivity (Wildman–Crippen MR) is 150 cm³/mol. The van der Waals surface area contributed by atoms with E-state index in [9.17, 15) is 9.50 Å². The number of ether oxygens (including phenoxy) is 1. The van der Waals surface area contributed by atoms with Gasteiger partial charge in [-0.05, 0) is 90.1 Å². The molecule has 0 aliphatic carbocycles. The van der Waals surface area contributed by atoms with Crippen molar-refractivity contribution in [2.45, 2.75) is 79.8 Å². The standard InChI is InChI=1S/C32H41FO2.CO2/c1-9-32(10-2,26-14-16-29(23(5)18-26)35-20-30(34)31(6,7)8)25-13-15-27(22(4)17-25)24-12-11-21(3)28(33)19-24;2-1-3/h11-19,30,34H,9-10,20H2,1-8H3;. The molecule has 204 valence electrons. The summed E-state index contributed by atoms with van der Waals surface area (Å²) in [5.41, 5.74) is 7.03. The molecule has 3 aromatic rings. The van der Waals surface area contributed by atoms with Gasteiger partial charge in [-0.1, -0.05) is 77.1 Å². The highest BCUT2D eigenvalue weighted by molar-refractivity contribution is 5.68. The van der Waals surface area contributed by atoms with Crippen molar-refractivity contribution in [3.05, 3.63) is 88.2 Å². The van der Waals surface area contributed by atoms with Gasteiger partial charge in [-0.2, -0.15) is 9.59 Å². The Morgan fingerprint density at radius 1 is 0.842 bits per heavy atom. The molecule has 0 aliphatic heterocycles. The van der Waals surface area contributed by atoms with Gasteiger partial charge < -0.3 is 9.84 Å². The first-order valence-electron chi connectivity index (χ1n) is 13.1. The second kappa shape index (κ2) is 13.0. The molecule has 1 N–H and O–H groups in total. The van der Waals surface area contributed by atoms with Gasteiger partial charge in [0.15, 0.2) is 0 Å². The second-order valence-electron chi connectivity index (χ2n) is 11.0.